The van der Waals surface area contributed by atoms with E-state index in [1.807, 2.05) is 0 Å². The molecule has 4 nitrogen and oxygen atoms in total. The number of carbonyl (C=O) groups is 1. The lowest BCUT2D eigenvalue weighted by atomic mass is 10.1. The highest BCUT2D eigenvalue weighted by molar-refractivity contribution is 6.30. The monoisotopic (exact) mass is 353 g/mol. The average molecular weight is 354 g/mol. The number of hydrogen-bond donors (Lipinski definition) is 1. The molecule has 0 aliphatic carbocycles. The van der Waals surface area contributed by atoms with Gasteiger partial charge in [0.15, 0.2) is 0 Å². The molecule has 1 aromatic carbocycles. The Hall–Kier alpha value is -2.54. The molecule has 2 aromatic heterocycles. The number of fused-ring (bicyclic) bond motifs is 1. The summed E-state index contributed by atoms with van der Waals surface area (Å²) in [4.78, 5) is 16.7. The summed E-state index contributed by atoms with van der Waals surface area (Å²) in [5.41, 5.74) is -0.232. The minimum atomic E-state index is -4.57. The number of imidazole rings is 1. The topological polar surface area (TPSA) is 46.4 Å². The minimum Gasteiger partial charge on any atom is -0.320 e. The number of para-hydroxylation sites is 1. The van der Waals surface area contributed by atoms with Crippen molar-refractivity contribution in [1.82, 2.24) is 9.38 Å². The summed E-state index contributed by atoms with van der Waals surface area (Å²) < 4.78 is 40.6. The van der Waals surface area contributed by atoms with E-state index >= 15 is 0 Å². The Balaban J connectivity index is 2.03. The maximum absolute atomic E-state index is 13.0. The van der Waals surface area contributed by atoms with E-state index < -0.39 is 17.6 Å². The summed E-state index contributed by atoms with van der Waals surface area (Å²) in [5.74, 6) is -0.695. The number of amides is 1. The van der Waals surface area contributed by atoms with Gasteiger partial charge in [-0.2, -0.15) is 13.2 Å². The molecule has 2 heterocycles. The van der Waals surface area contributed by atoms with Crippen molar-refractivity contribution in [3.63, 3.8) is 0 Å². The molecule has 0 spiro atoms. The van der Waals surface area contributed by atoms with Gasteiger partial charge in [-0.05, 0) is 31.2 Å². The SMILES string of the molecule is Cc1nc2ccc(Cl)cn2c1C(=O)Nc1ccccc1C(F)(F)F. The predicted molar refractivity (Wildman–Crippen MR) is 84.3 cm³/mol. The summed E-state index contributed by atoms with van der Waals surface area (Å²) in [7, 11) is 0. The first-order chi connectivity index (χ1) is 11.3. The molecular formula is C16H11ClF3N3O. The second-order valence-electron chi connectivity index (χ2n) is 5.12. The average Bonchev–Trinajstić information content (AvgIpc) is 2.82. The number of pyridine rings is 1. The lowest BCUT2D eigenvalue weighted by molar-refractivity contribution is -0.136. The minimum absolute atomic E-state index is 0.129. The maximum atomic E-state index is 13.0. The zero-order chi connectivity index (χ0) is 17.5. The Morgan fingerprint density at radius 2 is 1.92 bits per heavy atom. The predicted octanol–water partition coefficient (Wildman–Crippen LogP) is 4.57. The first-order valence-electron chi connectivity index (χ1n) is 6.89. The number of halogens is 4. The van der Waals surface area contributed by atoms with Gasteiger partial charge in [0, 0.05) is 6.20 Å². The van der Waals surface area contributed by atoms with Crippen LogP contribution in [0, 0.1) is 6.92 Å². The van der Waals surface area contributed by atoms with E-state index in [1.165, 1.54) is 28.8 Å². The van der Waals surface area contributed by atoms with E-state index in [4.69, 9.17) is 11.6 Å². The van der Waals surface area contributed by atoms with Gasteiger partial charge in [0.05, 0.1) is 22.0 Å². The van der Waals surface area contributed by atoms with Gasteiger partial charge in [-0.15, -0.1) is 0 Å². The van der Waals surface area contributed by atoms with E-state index in [0.717, 1.165) is 6.07 Å². The number of alkyl halides is 3. The van der Waals surface area contributed by atoms with Gasteiger partial charge in [-0.1, -0.05) is 23.7 Å². The van der Waals surface area contributed by atoms with Crippen molar-refractivity contribution in [2.24, 2.45) is 0 Å². The second-order valence-corrected chi connectivity index (χ2v) is 5.56. The second kappa shape index (κ2) is 5.83. The number of benzene rings is 1. The number of nitrogens with zero attached hydrogens (tertiary/aromatic N) is 2. The van der Waals surface area contributed by atoms with Gasteiger partial charge in [0.25, 0.3) is 5.91 Å². The van der Waals surface area contributed by atoms with E-state index in [2.05, 4.69) is 10.3 Å². The molecular weight excluding hydrogens is 343 g/mol. The van der Waals surface area contributed by atoms with Crippen LogP contribution < -0.4 is 5.32 Å². The van der Waals surface area contributed by atoms with Crippen LogP contribution in [0.4, 0.5) is 18.9 Å². The Morgan fingerprint density at radius 1 is 1.21 bits per heavy atom. The molecule has 0 aliphatic heterocycles. The summed E-state index contributed by atoms with van der Waals surface area (Å²) in [6.07, 6.45) is -3.08. The third-order valence-corrected chi connectivity index (χ3v) is 3.68. The van der Waals surface area contributed by atoms with Crippen LogP contribution in [0.5, 0.6) is 0 Å². The van der Waals surface area contributed by atoms with Crippen molar-refractivity contribution >= 4 is 28.8 Å². The molecule has 0 fully saturated rings. The molecule has 0 saturated carbocycles. The summed E-state index contributed by atoms with van der Waals surface area (Å²) in [5, 5.41) is 2.69. The molecule has 0 atom stereocenters. The molecule has 8 heteroatoms. The molecule has 3 aromatic rings. The number of anilines is 1. The number of rotatable bonds is 2. The van der Waals surface area contributed by atoms with Gasteiger partial charge >= 0.3 is 6.18 Å². The molecule has 0 bridgehead atoms. The van der Waals surface area contributed by atoms with E-state index in [1.54, 1.807) is 19.1 Å². The van der Waals surface area contributed by atoms with Crippen molar-refractivity contribution in [2.45, 2.75) is 13.1 Å². The number of hydrogen-bond acceptors (Lipinski definition) is 2. The zero-order valence-corrected chi connectivity index (χ0v) is 13.1. The van der Waals surface area contributed by atoms with Crippen LogP contribution in [0.25, 0.3) is 5.65 Å². The Labute approximate surface area is 139 Å². The van der Waals surface area contributed by atoms with Crippen LogP contribution in [0.1, 0.15) is 21.7 Å². The largest absolute Gasteiger partial charge is 0.418 e. The summed E-state index contributed by atoms with van der Waals surface area (Å²) in [6, 6.07) is 8.03. The van der Waals surface area contributed by atoms with Crippen LogP contribution in [0.15, 0.2) is 42.6 Å². The third-order valence-electron chi connectivity index (χ3n) is 3.45. The van der Waals surface area contributed by atoms with E-state index in [9.17, 15) is 18.0 Å². The third kappa shape index (κ3) is 2.94. The molecule has 24 heavy (non-hydrogen) atoms. The molecule has 0 unspecified atom stereocenters. The summed E-state index contributed by atoms with van der Waals surface area (Å²) >= 11 is 5.92. The number of aromatic nitrogens is 2. The number of nitrogens with one attached hydrogen (secondary N) is 1. The van der Waals surface area contributed by atoms with Gasteiger partial charge in [0.2, 0.25) is 0 Å². The fourth-order valence-electron chi connectivity index (χ4n) is 2.43. The maximum Gasteiger partial charge on any atom is 0.418 e. The van der Waals surface area contributed by atoms with Crippen molar-refractivity contribution in [2.75, 3.05) is 5.32 Å². The molecule has 3 rings (SSSR count). The first kappa shape index (κ1) is 16.3. The fraction of sp³-hybridized carbons (Fsp3) is 0.125. The fourth-order valence-corrected chi connectivity index (χ4v) is 2.59. The molecule has 1 N–H and O–H groups in total. The van der Waals surface area contributed by atoms with Crippen LogP contribution >= 0.6 is 11.6 Å². The highest BCUT2D eigenvalue weighted by Gasteiger charge is 2.34. The quantitative estimate of drug-likeness (QED) is 0.733. The first-order valence-corrected chi connectivity index (χ1v) is 7.27. The Bertz CT molecular complexity index is 934. The van der Waals surface area contributed by atoms with E-state index in [0.29, 0.717) is 16.4 Å². The zero-order valence-electron chi connectivity index (χ0n) is 12.4. The molecule has 0 radical (unpaired) electrons. The molecule has 124 valence electrons. The lowest BCUT2D eigenvalue weighted by Gasteiger charge is -2.13. The molecule has 1 amide bonds. The molecule has 0 saturated heterocycles. The number of carbonyl (C=O) groups excluding carboxylic acids is 1. The van der Waals surface area contributed by atoms with Crippen LogP contribution in [-0.2, 0) is 6.18 Å². The normalized spacial score (nSPS) is 11.7. The van der Waals surface area contributed by atoms with Crippen molar-refractivity contribution in [3.05, 3.63) is 64.6 Å². The Kier molecular flexibility index (Phi) is 3.96. The van der Waals surface area contributed by atoms with Crippen molar-refractivity contribution < 1.29 is 18.0 Å². The highest BCUT2D eigenvalue weighted by atomic mass is 35.5. The Morgan fingerprint density at radius 3 is 2.62 bits per heavy atom. The molecule has 0 aliphatic rings. The standard InChI is InChI=1S/C16H11ClF3N3O/c1-9-14(23-8-10(17)6-7-13(23)21-9)15(24)22-12-5-3-2-4-11(12)16(18,19)20/h2-8H,1H3,(H,22,24). The van der Waals surface area contributed by atoms with Crippen molar-refractivity contribution in [1.29, 1.82) is 0 Å². The van der Waals surface area contributed by atoms with Crippen LogP contribution in [-0.4, -0.2) is 15.3 Å². The van der Waals surface area contributed by atoms with E-state index in [-0.39, 0.29) is 11.4 Å². The smallest absolute Gasteiger partial charge is 0.320 e. The van der Waals surface area contributed by atoms with Gasteiger partial charge in [0.1, 0.15) is 11.3 Å². The van der Waals surface area contributed by atoms with Gasteiger partial charge < -0.3 is 5.32 Å². The lowest BCUT2D eigenvalue weighted by Crippen LogP contribution is -2.18. The highest BCUT2D eigenvalue weighted by Crippen LogP contribution is 2.34. The van der Waals surface area contributed by atoms with Gasteiger partial charge in [-0.25, -0.2) is 4.98 Å². The van der Waals surface area contributed by atoms with Crippen LogP contribution in [0.2, 0.25) is 5.02 Å². The summed E-state index contributed by atoms with van der Waals surface area (Å²) in [6.45, 7) is 1.60. The van der Waals surface area contributed by atoms with Crippen molar-refractivity contribution in [3.8, 4) is 0 Å². The van der Waals surface area contributed by atoms with Gasteiger partial charge in [-0.3, -0.25) is 9.20 Å². The number of aryl methyl sites for hydroxylation is 1. The van der Waals surface area contributed by atoms with Crippen LogP contribution in [0.3, 0.4) is 0 Å².